The van der Waals surface area contributed by atoms with E-state index in [1.807, 2.05) is 30.4 Å². The summed E-state index contributed by atoms with van der Waals surface area (Å²) in [6.45, 7) is 5.06. The molecule has 2 atom stereocenters. The van der Waals surface area contributed by atoms with Crippen LogP contribution in [0.5, 0.6) is 0 Å². The van der Waals surface area contributed by atoms with Gasteiger partial charge in [-0.3, -0.25) is 0 Å². The summed E-state index contributed by atoms with van der Waals surface area (Å²) in [7, 11) is 0. The number of nitrogens with one attached hydrogen (secondary N) is 2. The van der Waals surface area contributed by atoms with Gasteiger partial charge in [-0.25, -0.2) is 4.79 Å². The molecule has 0 saturated heterocycles. The van der Waals surface area contributed by atoms with Gasteiger partial charge in [0, 0.05) is 25.1 Å². The van der Waals surface area contributed by atoms with Crippen molar-refractivity contribution in [2.45, 2.75) is 32.7 Å². The van der Waals surface area contributed by atoms with Gasteiger partial charge < -0.3 is 15.7 Å². The van der Waals surface area contributed by atoms with Crippen LogP contribution in [0.1, 0.15) is 25.8 Å². The van der Waals surface area contributed by atoms with Gasteiger partial charge in [0.05, 0.1) is 0 Å². The third kappa shape index (κ3) is 5.19. The summed E-state index contributed by atoms with van der Waals surface area (Å²) < 4.78 is 0. The molecule has 0 radical (unpaired) electrons. The second kappa shape index (κ2) is 7.45. The molecule has 0 saturated carbocycles. The number of benzene rings is 1. The molecular formula is C18H26N2O2. The molecule has 0 heterocycles. The van der Waals surface area contributed by atoms with E-state index in [9.17, 15) is 4.79 Å². The van der Waals surface area contributed by atoms with E-state index in [0.717, 1.165) is 12.8 Å². The molecule has 2 rings (SSSR count). The molecule has 1 aliphatic rings. The lowest BCUT2D eigenvalue weighted by Crippen LogP contribution is -2.44. The van der Waals surface area contributed by atoms with Crippen molar-refractivity contribution in [2.75, 3.05) is 13.2 Å². The molecule has 2 amide bonds. The minimum absolute atomic E-state index is 0.00214. The molecule has 1 aromatic carbocycles. The van der Waals surface area contributed by atoms with Crippen LogP contribution in [0.15, 0.2) is 42.5 Å². The quantitative estimate of drug-likeness (QED) is 0.707. The van der Waals surface area contributed by atoms with Crippen LogP contribution in [0.3, 0.4) is 0 Å². The normalized spacial score (nSPS) is 20.9. The van der Waals surface area contributed by atoms with Crippen LogP contribution in [0.4, 0.5) is 4.79 Å². The zero-order valence-electron chi connectivity index (χ0n) is 13.4. The Kier molecular flexibility index (Phi) is 5.61. The second-order valence-electron chi connectivity index (χ2n) is 6.82. The minimum Gasteiger partial charge on any atom is -0.396 e. The summed E-state index contributed by atoms with van der Waals surface area (Å²) in [5, 5.41) is 15.0. The van der Waals surface area contributed by atoms with Crippen molar-refractivity contribution in [3.8, 4) is 0 Å². The van der Waals surface area contributed by atoms with Crippen LogP contribution in [0.25, 0.3) is 0 Å². The molecule has 3 N–H and O–H groups in total. The van der Waals surface area contributed by atoms with Gasteiger partial charge in [-0.1, -0.05) is 56.3 Å². The number of carbonyl (C=O) groups excluding carboxylic acids is 1. The predicted molar refractivity (Wildman–Crippen MR) is 88.6 cm³/mol. The van der Waals surface area contributed by atoms with E-state index in [1.165, 1.54) is 5.56 Å². The summed E-state index contributed by atoms with van der Waals surface area (Å²) in [5.74, 6) is 0.167. The van der Waals surface area contributed by atoms with E-state index < -0.39 is 0 Å². The van der Waals surface area contributed by atoms with Crippen LogP contribution in [-0.2, 0) is 6.42 Å². The van der Waals surface area contributed by atoms with Gasteiger partial charge in [0.2, 0.25) is 0 Å². The van der Waals surface area contributed by atoms with Crippen molar-refractivity contribution >= 4 is 6.03 Å². The molecule has 0 bridgehead atoms. The predicted octanol–water partition coefficient (Wildman–Crippen LogP) is 2.49. The molecule has 4 nitrogen and oxygen atoms in total. The minimum atomic E-state index is -0.144. The Morgan fingerprint density at radius 3 is 2.64 bits per heavy atom. The number of aliphatic hydroxyl groups excluding tert-OH is 1. The van der Waals surface area contributed by atoms with E-state index >= 15 is 0 Å². The summed E-state index contributed by atoms with van der Waals surface area (Å²) >= 11 is 0. The maximum Gasteiger partial charge on any atom is 0.315 e. The van der Waals surface area contributed by atoms with Crippen molar-refractivity contribution < 1.29 is 9.90 Å². The molecular weight excluding hydrogens is 276 g/mol. The van der Waals surface area contributed by atoms with Crippen LogP contribution < -0.4 is 10.6 Å². The van der Waals surface area contributed by atoms with Crippen molar-refractivity contribution in [2.24, 2.45) is 11.3 Å². The summed E-state index contributed by atoms with van der Waals surface area (Å²) in [4.78, 5) is 12.0. The Bertz CT molecular complexity index is 511. The maximum atomic E-state index is 12.0. The fourth-order valence-corrected chi connectivity index (χ4v) is 2.77. The number of carbonyl (C=O) groups is 1. The highest BCUT2D eigenvalue weighted by atomic mass is 16.3. The van der Waals surface area contributed by atoms with Gasteiger partial charge in [0.1, 0.15) is 0 Å². The SMILES string of the molecule is CC(C)(CNC(=O)N[C@@H]1C=C[C@H](CO)C1)Cc1ccccc1. The van der Waals surface area contributed by atoms with Gasteiger partial charge in [0.15, 0.2) is 0 Å². The molecule has 1 aromatic rings. The van der Waals surface area contributed by atoms with Gasteiger partial charge in [-0.2, -0.15) is 0 Å². The first kappa shape index (κ1) is 16.6. The Morgan fingerprint density at radius 1 is 1.27 bits per heavy atom. The van der Waals surface area contributed by atoms with Gasteiger partial charge >= 0.3 is 6.03 Å². The lowest BCUT2D eigenvalue weighted by atomic mass is 9.86. The molecule has 22 heavy (non-hydrogen) atoms. The largest absolute Gasteiger partial charge is 0.396 e. The number of amides is 2. The topological polar surface area (TPSA) is 61.4 Å². The Balaban J connectivity index is 1.74. The number of aliphatic hydroxyl groups is 1. The third-order valence-corrected chi connectivity index (χ3v) is 3.98. The number of rotatable bonds is 6. The molecule has 4 heteroatoms. The van der Waals surface area contributed by atoms with E-state index in [4.69, 9.17) is 5.11 Å². The lowest BCUT2D eigenvalue weighted by molar-refractivity contribution is 0.226. The smallest absolute Gasteiger partial charge is 0.315 e. The first-order valence-electron chi connectivity index (χ1n) is 7.86. The van der Waals surface area contributed by atoms with Crippen molar-refractivity contribution in [1.29, 1.82) is 0 Å². The standard InChI is InChI=1S/C18H26N2O2/c1-18(2,11-14-6-4-3-5-7-14)13-19-17(22)20-16-9-8-15(10-16)12-21/h3-9,15-16,21H,10-13H2,1-2H3,(H2,19,20,22)/t15-,16+/m0/s1. The van der Waals surface area contributed by atoms with Crippen molar-refractivity contribution in [1.82, 2.24) is 10.6 Å². The first-order valence-corrected chi connectivity index (χ1v) is 7.86. The molecule has 0 aliphatic heterocycles. The zero-order chi connectivity index (χ0) is 16.0. The zero-order valence-corrected chi connectivity index (χ0v) is 13.4. The molecule has 0 unspecified atom stereocenters. The number of urea groups is 1. The Hall–Kier alpha value is -1.81. The molecule has 0 fully saturated rings. The maximum absolute atomic E-state index is 12.0. The van der Waals surface area contributed by atoms with Crippen LogP contribution in [0, 0.1) is 11.3 Å². The van der Waals surface area contributed by atoms with Gasteiger partial charge in [-0.05, 0) is 23.8 Å². The van der Waals surface area contributed by atoms with E-state index in [-0.39, 0.29) is 30.0 Å². The molecule has 1 aliphatic carbocycles. The van der Waals surface area contributed by atoms with E-state index in [1.54, 1.807) is 0 Å². The van der Waals surface area contributed by atoms with Crippen LogP contribution >= 0.6 is 0 Å². The number of hydrogen-bond acceptors (Lipinski definition) is 2. The molecule has 120 valence electrons. The van der Waals surface area contributed by atoms with Crippen molar-refractivity contribution in [3.63, 3.8) is 0 Å². The fraction of sp³-hybridized carbons (Fsp3) is 0.500. The molecule has 0 spiro atoms. The highest BCUT2D eigenvalue weighted by molar-refractivity contribution is 5.74. The second-order valence-corrected chi connectivity index (χ2v) is 6.82. The summed E-state index contributed by atoms with van der Waals surface area (Å²) in [6.07, 6.45) is 5.61. The third-order valence-electron chi connectivity index (χ3n) is 3.98. The fourth-order valence-electron chi connectivity index (χ4n) is 2.77. The van der Waals surface area contributed by atoms with E-state index in [2.05, 4.69) is 36.6 Å². The highest BCUT2D eigenvalue weighted by Crippen LogP contribution is 2.21. The van der Waals surface area contributed by atoms with Gasteiger partial charge in [0.25, 0.3) is 0 Å². The van der Waals surface area contributed by atoms with Crippen molar-refractivity contribution in [3.05, 3.63) is 48.0 Å². The lowest BCUT2D eigenvalue weighted by Gasteiger charge is -2.25. The van der Waals surface area contributed by atoms with Gasteiger partial charge in [-0.15, -0.1) is 0 Å². The monoisotopic (exact) mass is 302 g/mol. The first-order chi connectivity index (χ1) is 10.5. The van der Waals surface area contributed by atoms with Crippen LogP contribution in [0.2, 0.25) is 0 Å². The average Bonchev–Trinajstić information content (AvgIpc) is 2.93. The summed E-state index contributed by atoms with van der Waals surface area (Å²) in [6, 6.07) is 10.2. The summed E-state index contributed by atoms with van der Waals surface area (Å²) in [5.41, 5.74) is 1.27. The Labute approximate surface area is 132 Å². The highest BCUT2D eigenvalue weighted by Gasteiger charge is 2.22. The number of hydrogen-bond donors (Lipinski definition) is 3. The van der Waals surface area contributed by atoms with E-state index in [0.29, 0.717) is 6.54 Å². The average molecular weight is 302 g/mol. The Morgan fingerprint density at radius 2 is 2.00 bits per heavy atom. The molecule has 0 aromatic heterocycles. The van der Waals surface area contributed by atoms with Crippen LogP contribution in [-0.4, -0.2) is 30.3 Å².